The molecule has 2 fully saturated rings. The average molecular weight is 422 g/mol. The number of carbonyl (C=O) groups is 3. The topological polar surface area (TPSA) is 79.4 Å². The molecule has 0 radical (unpaired) electrons. The number of hydrogen-bond acceptors (Lipinski definition) is 6. The minimum absolute atomic E-state index is 0.0375. The summed E-state index contributed by atoms with van der Waals surface area (Å²) in [6, 6.07) is 7.67. The van der Waals surface area contributed by atoms with Crippen LogP contribution in [0.1, 0.15) is 6.92 Å². The Labute approximate surface area is 175 Å². The Morgan fingerprint density at radius 3 is 2.03 bits per heavy atom. The number of carbonyl (C=O) groups excluding carboxylic acids is 3. The maximum Gasteiger partial charge on any atom is 0.312 e. The fourth-order valence-electron chi connectivity index (χ4n) is 3.23. The summed E-state index contributed by atoms with van der Waals surface area (Å²) < 4.78 is 10.6. The third kappa shape index (κ3) is 5.86. The molecule has 2 aliphatic heterocycles. The summed E-state index contributed by atoms with van der Waals surface area (Å²) >= 11 is 1.48. The molecule has 3 amide bonds. The molecule has 2 aliphatic rings. The first-order chi connectivity index (χ1) is 14.1. The smallest absolute Gasteiger partial charge is 0.312 e. The fraction of sp³-hybridized carbons (Fsp3) is 0.550. The van der Waals surface area contributed by atoms with Crippen LogP contribution >= 0.6 is 11.8 Å². The van der Waals surface area contributed by atoms with Crippen LogP contribution in [-0.2, 0) is 19.1 Å². The molecule has 0 atom stereocenters. The van der Waals surface area contributed by atoms with Crippen LogP contribution in [0.2, 0.25) is 0 Å². The van der Waals surface area contributed by atoms with Crippen molar-refractivity contribution in [2.75, 3.05) is 64.8 Å². The Morgan fingerprint density at radius 2 is 1.45 bits per heavy atom. The second-order valence-electron chi connectivity index (χ2n) is 6.77. The lowest BCUT2D eigenvalue weighted by Gasteiger charge is -2.35. The van der Waals surface area contributed by atoms with Crippen molar-refractivity contribution >= 4 is 29.5 Å². The molecular formula is C20H27N3O5S. The van der Waals surface area contributed by atoms with Crippen LogP contribution in [0, 0.1) is 0 Å². The van der Waals surface area contributed by atoms with Gasteiger partial charge in [0.15, 0.2) is 0 Å². The van der Waals surface area contributed by atoms with Crippen LogP contribution < -0.4 is 4.74 Å². The van der Waals surface area contributed by atoms with Gasteiger partial charge in [-0.3, -0.25) is 14.4 Å². The molecule has 0 N–H and O–H groups in total. The van der Waals surface area contributed by atoms with Crippen molar-refractivity contribution in [3.63, 3.8) is 0 Å². The molecule has 158 valence electrons. The SMILES string of the molecule is CCOc1ccc(SCC(=O)N2CCN(C(=O)C(=O)N3CCOCC3)CC2)cc1. The number of piperazine rings is 1. The lowest BCUT2D eigenvalue weighted by molar-refractivity contribution is -0.155. The molecule has 29 heavy (non-hydrogen) atoms. The highest BCUT2D eigenvalue weighted by molar-refractivity contribution is 8.00. The van der Waals surface area contributed by atoms with E-state index in [0.717, 1.165) is 10.6 Å². The number of hydrogen-bond donors (Lipinski definition) is 0. The second-order valence-corrected chi connectivity index (χ2v) is 7.82. The summed E-state index contributed by atoms with van der Waals surface area (Å²) in [5.74, 6) is 0.238. The van der Waals surface area contributed by atoms with Crippen molar-refractivity contribution < 1.29 is 23.9 Å². The normalized spacial score (nSPS) is 17.2. The summed E-state index contributed by atoms with van der Waals surface area (Å²) in [7, 11) is 0. The first-order valence-electron chi connectivity index (χ1n) is 9.88. The molecule has 0 bridgehead atoms. The molecule has 3 rings (SSSR count). The molecule has 1 aromatic carbocycles. The van der Waals surface area contributed by atoms with Crippen molar-refractivity contribution in [1.29, 1.82) is 0 Å². The molecule has 8 nitrogen and oxygen atoms in total. The monoisotopic (exact) mass is 421 g/mol. The lowest BCUT2D eigenvalue weighted by Crippen LogP contribution is -2.55. The zero-order chi connectivity index (χ0) is 20.6. The van der Waals surface area contributed by atoms with Crippen molar-refractivity contribution in [2.45, 2.75) is 11.8 Å². The van der Waals surface area contributed by atoms with E-state index < -0.39 is 11.8 Å². The van der Waals surface area contributed by atoms with E-state index in [-0.39, 0.29) is 5.91 Å². The number of thioether (sulfide) groups is 1. The standard InChI is InChI=1S/C20H27N3O5S/c1-2-28-16-3-5-17(6-4-16)29-15-18(24)21-7-9-22(10-8-21)19(25)20(26)23-11-13-27-14-12-23/h3-6H,2,7-15H2,1H3. The highest BCUT2D eigenvalue weighted by atomic mass is 32.2. The van der Waals surface area contributed by atoms with Gasteiger partial charge in [0.25, 0.3) is 0 Å². The first-order valence-corrected chi connectivity index (χ1v) is 10.9. The van der Waals surface area contributed by atoms with Crippen molar-refractivity contribution in [3.05, 3.63) is 24.3 Å². The van der Waals surface area contributed by atoms with Crippen molar-refractivity contribution in [3.8, 4) is 5.75 Å². The molecule has 0 aliphatic carbocycles. The summed E-state index contributed by atoms with van der Waals surface area (Å²) in [5.41, 5.74) is 0. The van der Waals surface area contributed by atoms with Gasteiger partial charge in [0, 0.05) is 44.2 Å². The van der Waals surface area contributed by atoms with Gasteiger partial charge in [-0.05, 0) is 31.2 Å². The van der Waals surface area contributed by atoms with Gasteiger partial charge in [-0.2, -0.15) is 0 Å². The summed E-state index contributed by atoms with van der Waals surface area (Å²) in [4.78, 5) is 43.1. The lowest BCUT2D eigenvalue weighted by atomic mass is 10.3. The van der Waals surface area contributed by atoms with Crippen LogP contribution in [0.25, 0.3) is 0 Å². The van der Waals surface area contributed by atoms with Gasteiger partial charge in [0.2, 0.25) is 5.91 Å². The van der Waals surface area contributed by atoms with E-state index in [2.05, 4.69) is 0 Å². The average Bonchev–Trinajstić information content (AvgIpc) is 2.78. The Morgan fingerprint density at radius 1 is 0.897 bits per heavy atom. The highest BCUT2D eigenvalue weighted by Crippen LogP contribution is 2.22. The van der Waals surface area contributed by atoms with Crippen molar-refractivity contribution in [2.24, 2.45) is 0 Å². The minimum Gasteiger partial charge on any atom is -0.494 e. The first kappa shape index (κ1) is 21.4. The molecular weight excluding hydrogens is 394 g/mol. The van der Waals surface area contributed by atoms with E-state index >= 15 is 0 Å². The number of rotatable bonds is 5. The maximum atomic E-state index is 12.5. The Balaban J connectivity index is 1.41. The van der Waals surface area contributed by atoms with E-state index in [1.54, 1.807) is 9.80 Å². The Hall–Kier alpha value is -2.26. The molecule has 1 aromatic rings. The van der Waals surface area contributed by atoms with Gasteiger partial charge in [0.1, 0.15) is 5.75 Å². The zero-order valence-electron chi connectivity index (χ0n) is 16.7. The molecule has 0 saturated carbocycles. The van der Waals surface area contributed by atoms with Gasteiger partial charge in [-0.15, -0.1) is 11.8 Å². The predicted octanol–water partition coefficient (Wildman–Crippen LogP) is 0.707. The predicted molar refractivity (Wildman–Crippen MR) is 109 cm³/mol. The molecule has 2 heterocycles. The third-order valence-corrected chi connectivity index (χ3v) is 5.89. The highest BCUT2D eigenvalue weighted by Gasteiger charge is 2.31. The number of morpholine rings is 1. The molecule has 0 spiro atoms. The van der Waals surface area contributed by atoms with E-state index in [1.165, 1.54) is 16.7 Å². The Bertz CT molecular complexity index is 713. The summed E-state index contributed by atoms with van der Waals surface area (Å²) in [5, 5.41) is 0. The van der Waals surface area contributed by atoms with Crippen LogP contribution in [-0.4, -0.2) is 97.3 Å². The summed E-state index contributed by atoms with van der Waals surface area (Å²) in [6.45, 7) is 6.06. The Kier molecular flexibility index (Phi) is 7.76. The van der Waals surface area contributed by atoms with Gasteiger partial charge < -0.3 is 24.2 Å². The minimum atomic E-state index is -0.484. The quantitative estimate of drug-likeness (QED) is 0.515. The van der Waals surface area contributed by atoms with E-state index in [1.807, 2.05) is 31.2 Å². The molecule has 9 heteroatoms. The van der Waals surface area contributed by atoms with Gasteiger partial charge in [-0.1, -0.05) is 0 Å². The van der Waals surface area contributed by atoms with Crippen LogP contribution in [0.15, 0.2) is 29.2 Å². The zero-order valence-corrected chi connectivity index (χ0v) is 17.5. The molecule has 0 unspecified atom stereocenters. The van der Waals surface area contributed by atoms with Crippen LogP contribution in [0.4, 0.5) is 0 Å². The van der Waals surface area contributed by atoms with E-state index in [4.69, 9.17) is 9.47 Å². The van der Waals surface area contributed by atoms with Crippen LogP contribution in [0.5, 0.6) is 5.75 Å². The fourth-order valence-corrected chi connectivity index (χ4v) is 4.03. The molecule has 2 saturated heterocycles. The largest absolute Gasteiger partial charge is 0.494 e. The van der Waals surface area contributed by atoms with E-state index in [9.17, 15) is 14.4 Å². The number of nitrogens with zero attached hydrogens (tertiary/aromatic N) is 3. The summed E-state index contributed by atoms with van der Waals surface area (Å²) in [6.07, 6.45) is 0. The van der Waals surface area contributed by atoms with Gasteiger partial charge in [0.05, 0.1) is 25.6 Å². The number of benzene rings is 1. The van der Waals surface area contributed by atoms with Gasteiger partial charge >= 0.3 is 11.8 Å². The van der Waals surface area contributed by atoms with E-state index in [0.29, 0.717) is 64.8 Å². The number of amides is 3. The maximum absolute atomic E-state index is 12.5. The number of ether oxygens (including phenoxy) is 2. The van der Waals surface area contributed by atoms with Crippen LogP contribution in [0.3, 0.4) is 0 Å². The second kappa shape index (κ2) is 10.5. The van der Waals surface area contributed by atoms with Gasteiger partial charge in [-0.25, -0.2) is 0 Å². The third-order valence-electron chi connectivity index (χ3n) is 4.90. The molecule has 0 aromatic heterocycles. The van der Waals surface area contributed by atoms with Crippen molar-refractivity contribution in [1.82, 2.24) is 14.7 Å².